The van der Waals surface area contributed by atoms with Crippen molar-refractivity contribution in [1.29, 1.82) is 0 Å². The van der Waals surface area contributed by atoms with Crippen LogP contribution in [0.2, 0.25) is 0 Å². The molecule has 1 aromatic carbocycles. The van der Waals surface area contributed by atoms with Crippen molar-refractivity contribution in [2.45, 2.75) is 17.7 Å². The Labute approximate surface area is 121 Å². The van der Waals surface area contributed by atoms with Gasteiger partial charge in [0.1, 0.15) is 5.75 Å². The van der Waals surface area contributed by atoms with Crippen LogP contribution < -0.4 is 5.43 Å². The van der Waals surface area contributed by atoms with Gasteiger partial charge in [-0.2, -0.15) is 5.10 Å². The van der Waals surface area contributed by atoms with E-state index < -0.39 is 11.2 Å². The monoisotopic (exact) mass is 288 g/mol. The van der Waals surface area contributed by atoms with E-state index in [1.165, 1.54) is 0 Å². The maximum absolute atomic E-state index is 11.9. The number of hydrogen-bond acceptors (Lipinski definition) is 3. The maximum Gasteiger partial charge on any atom is 0.240 e. The first-order chi connectivity index (χ1) is 9.69. The van der Waals surface area contributed by atoms with Crippen molar-refractivity contribution in [1.82, 2.24) is 5.43 Å². The first kappa shape index (κ1) is 14.6. The van der Waals surface area contributed by atoms with Crippen LogP contribution in [0.3, 0.4) is 0 Å². The third kappa shape index (κ3) is 4.08. The van der Waals surface area contributed by atoms with Crippen LogP contribution >= 0.6 is 0 Å². The summed E-state index contributed by atoms with van der Waals surface area (Å²) < 4.78 is 11.9. The average molecular weight is 288 g/mol. The maximum atomic E-state index is 11.9. The second kappa shape index (κ2) is 7.07. The Balaban J connectivity index is 2.08. The third-order valence-corrected chi connectivity index (χ3v) is 4.11. The van der Waals surface area contributed by atoms with E-state index in [-0.39, 0.29) is 5.91 Å². The molecule has 1 N–H and O–H groups in total. The first-order valence-corrected chi connectivity index (χ1v) is 7.64. The fraction of sp³-hybridized carbons (Fsp3) is 0.200. The quantitative estimate of drug-likeness (QED) is 0.667. The molecule has 1 aliphatic rings. The van der Waals surface area contributed by atoms with Crippen molar-refractivity contribution in [3.05, 3.63) is 48.6 Å². The van der Waals surface area contributed by atoms with Crippen LogP contribution in [0, 0.1) is 0 Å². The molecule has 1 amide bonds. The number of nitrogens with zero attached hydrogens (tertiary/aromatic N) is 1. The molecular weight excluding hydrogens is 272 g/mol. The normalized spacial score (nSPS) is 16.6. The molecule has 0 saturated heterocycles. The van der Waals surface area contributed by atoms with Gasteiger partial charge in [0.05, 0.1) is 5.71 Å². The Morgan fingerprint density at radius 2 is 2.25 bits per heavy atom. The van der Waals surface area contributed by atoms with Gasteiger partial charge in [0.2, 0.25) is 5.91 Å². The average Bonchev–Trinajstić information content (AvgIpc) is 2.47. The van der Waals surface area contributed by atoms with E-state index in [9.17, 15) is 9.35 Å². The molecule has 1 atom stereocenters. The predicted octanol–water partition coefficient (Wildman–Crippen LogP) is 2.26. The number of rotatable bonds is 5. The van der Waals surface area contributed by atoms with E-state index in [1.54, 1.807) is 6.08 Å². The molecule has 104 valence electrons. The van der Waals surface area contributed by atoms with Gasteiger partial charge in [0, 0.05) is 18.9 Å². The molecule has 0 spiro atoms. The number of carbonyl (C=O) groups is 1. The van der Waals surface area contributed by atoms with E-state index in [0.29, 0.717) is 18.6 Å². The largest absolute Gasteiger partial charge is 0.611 e. The Morgan fingerprint density at radius 1 is 1.40 bits per heavy atom. The summed E-state index contributed by atoms with van der Waals surface area (Å²) in [4.78, 5) is 11.8. The molecule has 0 radical (unpaired) electrons. The lowest BCUT2D eigenvalue weighted by Crippen LogP contribution is -2.24. The Bertz CT molecular complexity index is 567. The van der Waals surface area contributed by atoms with Gasteiger partial charge in [-0.15, -0.1) is 0 Å². The molecule has 1 heterocycles. The highest BCUT2D eigenvalue weighted by molar-refractivity contribution is 7.91. The summed E-state index contributed by atoms with van der Waals surface area (Å²) in [7, 11) is 0. The van der Waals surface area contributed by atoms with Crippen LogP contribution in [0.5, 0.6) is 0 Å². The lowest BCUT2D eigenvalue weighted by atomic mass is 10.1. The molecule has 0 bridgehead atoms. The smallest absolute Gasteiger partial charge is 0.240 e. The SMILES string of the molecule is C=CC[S+]([O-])c1cccc(C=CC2=NNC(=O)CC2)c1. The fourth-order valence-corrected chi connectivity index (χ4v) is 2.67. The molecule has 1 aromatic rings. The Morgan fingerprint density at radius 3 is 2.95 bits per heavy atom. The molecule has 1 aliphatic heterocycles. The summed E-state index contributed by atoms with van der Waals surface area (Å²) in [5, 5.41) is 3.97. The fourth-order valence-electron chi connectivity index (χ4n) is 1.76. The highest BCUT2D eigenvalue weighted by Gasteiger charge is 2.10. The summed E-state index contributed by atoms with van der Waals surface area (Å²) in [6.45, 7) is 3.59. The van der Waals surface area contributed by atoms with E-state index in [1.807, 2.05) is 36.4 Å². The Hall–Kier alpha value is -1.85. The summed E-state index contributed by atoms with van der Waals surface area (Å²) in [5.74, 6) is 0.398. The van der Waals surface area contributed by atoms with E-state index in [0.717, 1.165) is 16.2 Å². The van der Waals surface area contributed by atoms with Crippen molar-refractivity contribution in [3.8, 4) is 0 Å². The van der Waals surface area contributed by atoms with Crippen molar-refractivity contribution in [2.24, 2.45) is 5.10 Å². The second-order valence-corrected chi connectivity index (χ2v) is 5.84. The first-order valence-electron chi connectivity index (χ1n) is 6.32. The lowest BCUT2D eigenvalue weighted by molar-refractivity contribution is -0.121. The van der Waals surface area contributed by atoms with E-state index in [4.69, 9.17) is 0 Å². The third-order valence-electron chi connectivity index (χ3n) is 2.79. The van der Waals surface area contributed by atoms with Gasteiger partial charge in [0.25, 0.3) is 0 Å². The second-order valence-electron chi connectivity index (χ2n) is 4.34. The number of hydrazone groups is 1. The summed E-state index contributed by atoms with van der Waals surface area (Å²) in [6, 6.07) is 7.54. The number of carbonyl (C=O) groups excluding carboxylic acids is 1. The van der Waals surface area contributed by atoms with Crippen molar-refractivity contribution < 1.29 is 9.35 Å². The molecule has 1 unspecified atom stereocenters. The number of hydrogen-bond donors (Lipinski definition) is 1. The molecule has 2 rings (SSSR count). The molecule has 0 aromatic heterocycles. The predicted molar refractivity (Wildman–Crippen MR) is 81.8 cm³/mol. The summed E-state index contributed by atoms with van der Waals surface area (Å²) in [6.07, 6.45) is 6.54. The molecule has 4 nitrogen and oxygen atoms in total. The molecule has 0 aliphatic carbocycles. The number of benzene rings is 1. The van der Waals surface area contributed by atoms with Gasteiger partial charge in [0.15, 0.2) is 4.90 Å². The van der Waals surface area contributed by atoms with Crippen LogP contribution in [-0.2, 0) is 16.0 Å². The van der Waals surface area contributed by atoms with Crippen LogP contribution in [-0.4, -0.2) is 21.9 Å². The molecule has 20 heavy (non-hydrogen) atoms. The van der Waals surface area contributed by atoms with Gasteiger partial charge >= 0.3 is 0 Å². The van der Waals surface area contributed by atoms with Gasteiger partial charge < -0.3 is 4.55 Å². The molecule has 0 fully saturated rings. The standard InChI is InChI=1S/C15H16N2O2S/c1-2-10-20(19)14-5-3-4-12(11-14)6-7-13-8-9-15(18)17-16-13/h2-7,11H,1,8-10H2,(H,17,18). The molecule has 5 heteroatoms. The van der Waals surface area contributed by atoms with Gasteiger partial charge in [-0.1, -0.05) is 24.8 Å². The van der Waals surface area contributed by atoms with Crippen LogP contribution in [0.4, 0.5) is 0 Å². The zero-order valence-corrected chi connectivity index (χ0v) is 11.9. The number of nitrogens with one attached hydrogen (secondary N) is 1. The number of allylic oxidation sites excluding steroid dienone is 1. The minimum absolute atomic E-state index is 0.0519. The van der Waals surface area contributed by atoms with Crippen LogP contribution in [0.25, 0.3) is 6.08 Å². The Kier molecular flexibility index (Phi) is 5.15. The molecule has 0 saturated carbocycles. The zero-order valence-electron chi connectivity index (χ0n) is 11.0. The highest BCUT2D eigenvalue weighted by atomic mass is 32.2. The van der Waals surface area contributed by atoms with Gasteiger partial charge in [-0.3, -0.25) is 4.79 Å². The van der Waals surface area contributed by atoms with Crippen LogP contribution in [0.15, 0.2) is 53.0 Å². The zero-order chi connectivity index (χ0) is 14.4. The minimum atomic E-state index is -1.05. The van der Waals surface area contributed by atoms with E-state index in [2.05, 4.69) is 17.1 Å². The van der Waals surface area contributed by atoms with Crippen molar-refractivity contribution in [2.75, 3.05) is 5.75 Å². The van der Waals surface area contributed by atoms with Gasteiger partial charge in [-0.25, -0.2) is 5.43 Å². The van der Waals surface area contributed by atoms with Crippen LogP contribution in [0.1, 0.15) is 18.4 Å². The highest BCUT2D eigenvalue weighted by Crippen LogP contribution is 2.15. The summed E-state index contributed by atoms with van der Waals surface area (Å²) >= 11 is -1.05. The van der Waals surface area contributed by atoms with E-state index >= 15 is 0 Å². The van der Waals surface area contributed by atoms with Gasteiger partial charge in [-0.05, 0) is 35.0 Å². The van der Waals surface area contributed by atoms with Crippen molar-refractivity contribution >= 4 is 28.9 Å². The lowest BCUT2D eigenvalue weighted by Gasteiger charge is -2.09. The summed E-state index contributed by atoms with van der Waals surface area (Å²) in [5.41, 5.74) is 4.25. The van der Waals surface area contributed by atoms with Crippen molar-refractivity contribution in [3.63, 3.8) is 0 Å². The minimum Gasteiger partial charge on any atom is -0.611 e. The molecular formula is C15H16N2O2S. The number of amides is 1. The topological polar surface area (TPSA) is 64.5 Å².